The fourth-order valence-corrected chi connectivity index (χ4v) is 4.01. The minimum Gasteiger partial charge on any atom is -0.360 e. The maximum Gasteiger partial charge on any atom is 0.197 e. The van der Waals surface area contributed by atoms with Gasteiger partial charge in [-0.1, -0.05) is 40.2 Å². The van der Waals surface area contributed by atoms with E-state index in [9.17, 15) is 0 Å². The van der Waals surface area contributed by atoms with Crippen LogP contribution in [-0.2, 0) is 0 Å². The van der Waals surface area contributed by atoms with Gasteiger partial charge in [0.25, 0.3) is 0 Å². The first-order chi connectivity index (χ1) is 14.5. The summed E-state index contributed by atoms with van der Waals surface area (Å²) < 4.78 is 0. The largest absolute Gasteiger partial charge is 0.360 e. The predicted molar refractivity (Wildman–Crippen MR) is 129 cm³/mol. The Bertz CT molecular complexity index is 828. The molecule has 0 spiro atoms. The van der Waals surface area contributed by atoms with Crippen LogP contribution in [0.25, 0.3) is 0 Å². The van der Waals surface area contributed by atoms with Gasteiger partial charge in [0.05, 0.1) is 0 Å². The number of aromatic amines is 2. The Morgan fingerprint density at radius 3 is 2.47 bits per heavy atom. The number of nitrogens with zero attached hydrogens (tertiary/aromatic N) is 3. The molecule has 0 aromatic carbocycles. The normalized spacial score (nSPS) is 13.4. The highest BCUT2D eigenvalue weighted by Gasteiger charge is 2.17. The average Bonchev–Trinajstić information content (AvgIpc) is 3.36. The molecule has 1 atom stereocenters. The first-order valence-electron chi connectivity index (χ1n) is 10.6. The van der Waals surface area contributed by atoms with E-state index in [1.807, 2.05) is 24.0 Å². The lowest BCUT2D eigenvalue weighted by molar-refractivity contribution is 0.798. The Morgan fingerprint density at radius 1 is 1.10 bits per heavy atom. The second-order valence-corrected chi connectivity index (χ2v) is 9.07. The van der Waals surface area contributed by atoms with E-state index in [0.717, 1.165) is 43.0 Å². The number of H-pyrrole nitrogens is 2. The quantitative estimate of drug-likeness (QED) is 0.264. The van der Waals surface area contributed by atoms with Crippen LogP contribution >= 0.6 is 11.8 Å². The van der Waals surface area contributed by atoms with Crippen LogP contribution in [0.15, 0.2) is 47.2 Å². The number of hydrogen-bond acceptors (Lipinski definition) is 5. The molecule has 2 aromatic heterocycles. The van der Waals surface area contributed by atoms with Crippen LogP contribution in [0.2, 0.25) is 0 Å². The first-order valence-corrected chi connectivity index (χ1v) is 11.8. The molecule has 1 unspecified atom stereocenters. The Hall–Kier alpha value is -2.28. The molecule has 0 saturated heterocycles. The summed E-state index contributed by atoms with van der Waals surface area (Å²) in [6, 6.07) is 2.05. The van der Waals surface area contributed by atoms with Crippen molar-refractivity contribution < 1.29 is 0 Å². The van der Waals surface area contributed by atoms with Gasteiger partial charge in [0.15, 0.2) is 5.82 Å². The van der Waals surface area contributed by atoms with Crippen LogP contribution in [0, 0.1) is 6.92 Å². The Labute approximate surface area is 185 Å². The Morgan fingerprint density at radius 2 is 1.83 bits per heavy atom. The third-order valence-corrected chi connectivity index (χ3v) is 5.88. The highest BCUT2D eigenvalue weighted by Crippen LogP contribution is 2.22. The van der Waals surface area contributed by atoms with E-state index >= 15 is 0 Å². The van der Waals surface area contributed by atoms with E-state index in [0.29, 0.717) is 5.82 Å². The maximum absolute atomic E-state index is 4.17. The molecule has 0 fully saturated rings. The number of hydrogen-bond donors (Lipinski definition) is 3. The summed E-state index contributed by atoms with van der Waals surface area (Å²) in [5.74, 6) is 3.54. The lowest BCUT2D eigenvalue weighted by atomic mass is 10.1. The van der Waals surface area contributed by atoms with E-state index in [2.05, 4.69) is 83.8 Å². The van der Waals surface area contributed by atoms with Crippen LogP contribution in [0.1, 0.15) is 70.8 Å². The summed E-state index contributed by atoms with van der Waals surface area (Å²) in [4.78, 5) is 3.23. The van der Waals surface area contributed by atoms with Gasteiger partial charge in [0.2, 0.25) is 0 Å². The van der Waals surface area contributed by atoms with Gasteiger partial charge >= 0.3 is 0 Å². The van der Waals surface area contributed by atoms with Gasteiger partial charge in [0.1, 0.15) is 11.9 Å². The fraction of sp³-hybridized carbons (Fsp3) is 0.522. The van der Waals surface area contributed by atoms with Crippen LogP contribution in [0.4, 0.5) is 5.82 Å². The highest BCUT2D eigenvalue weighted by molar-refractivity contribution is 7.99. The summed E-state index contributed by atoms with van der Waals surface area (Å²) in [6.07, 6.45) is 13.5. The van der Waals surface area contributed by atoms with Crippen LogP contribution < -0.4 is 5.32 Å². The van der Waals surface area contributed by atoms with E-state index < -0.39 is 0 Å². The SMILES string of the molecule is CC(C)=CCC/C(C)=C/CC/C(C)=C/CSCC(Nc1[nH]ccc1C)c1nn[nH]n1. The molecule has 0 saturated carbocycles. The van der Waals surface area contributed by atoms with Crippen molar-refractivity contribution in [1.82, 2.24) is 25.6 Å². The summed E-state index contributed by atoms with van der Waals surface area (Å²) in [6.45, 7) is 10.9. The molecular weight excluding hydrogens is 392 g/mol. The third kappa shape index (κ3) is 9.03. The fourth-order valence-electron chi connectivity index (χ4n) is 3.00. The molecular formula is C23H36N6S. The molecule has 0 aliphatic carbocycles. The van der Waals surface area contributed by atoms with Gasteiger partial charge in [-0.05, 0) is 71.9 Å². The standard InChI is InChI=1S/C23H36N6S/c1-17(2)8-6-9-18(3)10-7-11-19(4)13-15-30-16-21(23-26-28-29-27-23)25-22-20(5)12-14-24-22/h8,10,12-14,21,24-25H,6-7,9,11,15-16H2,1-5H3,(H,26,27,28,29)/b18-10+,19-13+. The predicted octanol–water partition coefficient (Wildman–Crippen LogP) is 6.14. The Kier molecular flexibility index (Phi) is 10.5. The minimum atomic E-state index is 0.00574. The van der Waals surface area contributed by atoms with E-state index in [1.165, 1.54) is 22.3 Å². The number of rotatable bonds is 13. The molecule has 164 valence electrons. The maximum atomic E-state index is 4.17. The lowest BCUT2D eigenvalue weighted by Crippen LogP contribution is -2.16. The Balaban J connectivity index is 1.74. The molecule has 0 aliphatic heterocycles. The molecule has 3 N–H and O–H groups in total. The van der Waals surface area contributed by atoms with Crippen molar-refractivity contribution in [3.8, 4) is 0 Å². The number of thioether (sulfide) groups is 1. The number of allylic oxidation sites excluding steroid dienone is 5. The van der Waals surface area contributed by atoms with Crippen molar-refractivity contribution >= 4 is 17.6 Å². The first kappa shape index (κ1) is 24.0. The van der Waals surface area contributed by atoms with E-state index in [1.54, 1.807) is 0 Å². The van der Waals surface area contributed by atoms with Gasteiger partial charge in [-0.3, -0.25) is 0 Å². The van der Waals surface area contributed by atoms with Crippen molar-refractivity contribution in [2.45, 2.75) is 66.3 Å². The number of anilines is 1. The molecule has 7 heteroatoms. The minimum absolute atomic E-state index is 0.00574. The average molecular weight is 429 g/mol. The van der Waals surface area contributed by atoms with Crippen molar-refractivity contribution in [1.29, 1.82) is 0 Å². The third-order valence-electron chi connectivity index (χ3n) is 4.90. The molecule has 0 radical (unpaired) electrons. The second kappa shape index (κ2) is 13.1. The van der Waals surface area contributed by atoms with E-state index in [4.69, 9.17) is 0 Å². The van der Waals surface area contributed by atoms with Gasteiger partial charge in [-0.25, -0.2) is 0 Å². The van der Waals surface area contributed by atoms with Gasteiger partial charge in [-0.15, -0.1) is 10.2 Å². The van der Waals surface area contributed by atoms with Crippen molar-refractivity contribution in [2.24, 2.45) is 0 Å². The van der Waals surface area contributed by atoms with Crippen molar-refractivity contribution in [3.05, 3.63) is 58.6 Å². The molecule has 0 aliphatic rings. The molecule has 2 aromatic rings. The van der Waals surface area contributed by atoms with E-state index in [-0.39, 0.29) is 6.04 Å². The molecule has 6 nitrogen and oxygen atoms in total. The van der Waals surface area contributed by atoms with Crippen LogP contribution in [0.5, 0.6) is 0 Å². The summed E-state index contributed by atoms with van der Waals surface area (Å²) in [7, 11) is 0. The van der Waals surface area contributed by atoms with Crippen LogP contribution in [0.3, 0.4) is 0 Å². The van der Waals surface area contributed by atoms with Crippen molar-refractivity contribution in [3.63, 3.8) is 0 Å². The topological polar surface area (TPSA) is 82.3 Å². The highest BCUT2D eigenvalue weighted by atomic mass is 32.2. The zero-order valence-corrected chi connectivity index (χ0v) is 19.8. The van der Waals surface area contributed by atoms with Crippen LogP contribution in [-0.4, -0.2) is 37.1 Å². The summed E-state index contributed by atoms with van der Waals surface area (Å²) >= 11 is 1.87. The second-order valence-electron chi connectivity index (χ2n) is 8.00. The number of tetrazole rings is 1. The number of nitrogens with one attached hydrogen (secondary N) is 3. The summed E-state index contributed by atoms with van der Waals surface area (Å²) in [5.41, 5.74) is 5.51. The molecule has 2 rings (SSSR count). The molecule has 2 heterocycles. The van der Waals surface area contributed by atoms with Crippen molar-refractivity contribution in [2.75, 3.05) is 16.8 Å². The lowest BCUT2D eigenvalue weighted by Gasteiger charge is -2.15. The monoisotopic (exact) mass is 428 g/mol. The molecule has 0 amide bonds. The molecule has 0 bridgehead atoms. The van der Waals surface area contributed by atoms with Gasteiger partial charge in [-0.2, -0.15) is 17.0 Å². The number of aromatic nitrogens is 5. The molecule has 30 heavy (non-hydrogen) atoms. The zero-order valence-electron chi connectivity index (χ0n) is 19.0. The summed E-state index contributed by atoms with van der Waals surface area (Å²) in [5, 5.41) is 18.1. The van der Waals surface area contributed by atoms with Gasteiger partial charge < -0.3 is 10.3 Å². The smallest absolute Gasteiger partial charge is 0.197 e. The van der Waals surface area contributed by atoms with Gasteiger partial charge in [0, 0.05) is 17.7 Å². The number of aryl methyl sites for hydroxylation is 1. The zero-order chi connectivity index (χ0) is 21.8.